The lowest BCUT2D eigenvalue weighted by atomic mass is 9.81. The smallest absolute Gasteiger partial charge is 0.303 e. The number of carbonyl (C=O) groups excluding carboxylic acids is 1. The Labute approximate surface area is 138 Å². The van der Waals surface area contributed by atoms with Crippen molar-refractivity contribution >= 4 is 11.9 Å². The molecule has 1 rings (SSSR count). The van der Waals surface area contributed by atoms with Crippen molar-refractivity contribution in [2.75, 3.05) is 6.61 Å². The molecule has 1 amide bonds. The molecule has 0 aliphatic rings. The first-order valence-corrected chi connectivity index (χ1v) is 7.91. The van der Waals surface area contributed by atoms with E-state index in [9.17, 15) is 9.59 Å². The fourth-order valence-corrected chi connectivity index (χ4v) is 1.85. The first-order valence-electron chi connectivity index (χ1n) is 7.91. The van der Waals surface area contributed by atoms with Crippen LogP contribution in [-0.4, -0.2) is 23.6 Å². The van der Waals surface area contributed by atoms with Gasteiger partial charge in [-0.3, -0.25) is 9.59 Å². The van der Waals surface area contributed by atoms with Crippen molar-refractivity contribution in [3.05, 3.63) is 29.8 Å². The molecule has 1 aromatic carbocycles. The molecule has 128 valence electrons. The van der Waals surface area contributed by atoms with E-state index < -0.39 is 5.97 Å². The maximum atomic E-state index is 12.1. The molecule has 0 saturated heterocycles. The zero-order valence-corrected chi connectivity index (χ0v) is 14.4. The van der Waals surface area contributed by atoms with E-state index >= 15 is 0 Å². The van der Waals surface area contributed by atoms with Gasteiger partial charge in [0, 0.05) is 18.9 Å². The third-order valence-electron chi connectivity index (χ3n) is 3.89. The number of carboxylic acid groups (broad SMARTS) is 1. The largest absolute Gasteiger partial charge is 0.494 e. The lowest BCUT2D eigenvalue weighted by molar-refractivity contribution is -0.137. The van der Waals surface area contributed by atoms with Crippen molar-refractivity contribution in [2.45, 2.75) is 47.1 Å². The molecular weight excluding hydrogens is 294 g/mol. The molecule has 0 spiro atoms. The highest BCUT2D eigenvalue weighted by Crippen LogP contribution is 2.25. The van der Waals surface area contributed by atoms with Crippen LogP contribution in [0.3, 0.4) is 0 Å². The van der Waals surface area contributed by atoms with Crippen molar-refractivity contribution in [3.8, 4) is 5.75 Å². The second kappa shape index (κ2) is 8.56. The third kappa shape index (κ3) is 7.17. The summed E-state index contributed by atoms with van der Waals surface area (Å²) in [5, 5.41) is 11.5. The topological polar surface area (TPSA) is 75.6 Å². The van der Waals surface area contributed by atoms with Gasteiger partial charge in [0.25, 0.3) is 0 Å². The van der Waals surface area contributed by atoms with Gasteiger partial charge in [0.15, 0.2) is 0 Å². The summed E-state index contributed by atoms with van der Waals surface area (Å²) in [5.41, 5.74) is 0.940. The van der Waals surface area contributed by atoms with Gasteiger partial charge in [0.2, 0.25) is 5.91 Å². The summed E-state index contributed by atoms with van der Waals surface area (Å²) >= 11 is 0. The van der Waals surface area contributed by atoms with Gasteiger partial charge in [-0.25, -0.2) is 0 Å². The number of hydrogen-bond donors (Lipinski definition) is 2. The van der Waals surface area contributed by atoms with Crippen LogP contribution < -0.4 is 10.1 Å². The second-order valence-corrected chi connectivity index (χ2v) is 6.80. The normalized spacial score (nSPS) is 12.5. The van der Waals surface area contributed by atoms with Gasteiger partial charge in [-0.1, -0.05) is 39.8 Å². The number of amides is 1. The van der Waals surface area contributed by atoms with Crippen molar-refractivity contribution in [1.82, 2.24) is 5.32 Å². The monoisotopic (exact) mass is 321 g/mol. The molecule has 5 nitrogen and oxygen atoms in total. The molecule has 1 unspecified atom stereocenters. The van der Waals surface area contributed by atoms with Crippen molar-refractivity contribution in [3.63, 3.8) is 0 Å². The first kappa shape index (κ1) is 19.0. The maximum Gasteiger partial charge on any atom is 0.303 e. The number of carboxylic acids is 1. The molecular formula is C18H27NO4. The van der Waals surface area contributed by atoms with Crippen LogP contribution in [-0.2, 0) is 16.1 Å². The Morgan fingerprint density at radius 2 is 1.83 bits per heavy atom. The van der Waals surface area contributed by atoms with Crippen LogP contribution >= 0.6 is 0 Å². The molecule has 0 saturated carbocycles. The van der Waals surface area contributed by atoms with Gasteiger partial charge in [-0.05, 0) is 29.5 Å². The fraction of sp³-hybridized carbons (Fsp3) is 0.556. The van der Waals surface area contributed by atoms with Gasteiger partial charge in [0.1, 0.15) is 5.75 Å². The number of carbonyl (C=O) groups is 2. The molecule has 0 radical (unpaired) electrons. The predicted molar refractivity (Wildman–Crippen MR) is 89.3 cm³/mol. The van der Waals surface area contributed by atoms with Crippen LogP contribution in [0.5, 0.6) is 5.75 Å². The standard InChI is InChI=1S/C18H27NO4/c1-13(18(2,3)4)17(22)19-12-14-7-9-15(10-8-14)23-11-5-6-16(20)21/h7-10,13H,5-6,11-12H2,1-4H3,(H,19,22)(H,20,21). The van der Waals surface area contributed by atoms with Crippen LogP contribution in [0.25, 0.3) is 0 Å². The molecule has 0 aromatic heterocycles. The maximum absolute atomic E-state index is 12.1. The Kier molecular flexibility index (Phi) is 7.07. The first-order chi connectivity index (χ1) is 10.7. The molecule has 0 bridgehead atoms. The number of rotatable bonds is 8. The average Bonchev–Trinajstić information content (AvgIpc) is 2.48. The van der Waals surface area contributed by atoms with Gasteiger partial charge in [-0.15, -0.1) is 0 Å². The van der Waals surface area contributed by atoms with Gasteiger partial charge in [0.05, 0.1) is 6.61 Å². The third-order valence-corrected chi connectivity index (χ3v) is 3.89. The Bertz CT molecular complexity index is 517. The van der Waals surface area contributed by atoms with E-state index in [-0.39, 0.29) is 23.7 Å². The molecule has 0 heterocycles. The van der Waals surface area contributed by atoms with E-state index in [2.05, 4.69) is 5.32 Å². The highest BCUT2D eigenvalue weighted by Gasteiger charge is 2.26. The highest BCUT2D eigenvalue weighted by molar-refractivity contribution is 5.78. The Balaban J connectivity index is 2.39. The summed E-state index contributed by atoms with van der Waals surface area (Å²) in [5.74, 6) is -0.122. The summed E-state index contributed by atoms with van der Waals surface area (Å²) in [6.07, 6.45) is 0.591. The molecule has 0 aliphatic heterocycles. The Hall–Kier alpha value is -2.04. The van der Waals surface area contributed by atoms with Gasteiger partial charge < -0.3 is 15.2 Å². The lowest BCUT2D eigenvalue weighted by Gasteiger charge is -2.26. The van der Waals surface area contributed by atoms with Crippen molar-refractivity contribution < 1.29 is 19.4 Å². The summed E-state index contributed by atoms with van der Waals surface area (Å²) in [6, 6.07) is 7.45. The SMILES string of the molecule is CC(C(=O)NCc1ccc(OCCCC(=O)O)cc1)C(C)(C)C. The number of aliphatic carboxylic acids is 1. The van der Waals surface area contributed by atoms with Crippen molar-refractivity contribution in [2.24, 2.45) is 11.3 Å². The fourth-order valence-electron chi connectivity index (χ4n) is 1.85. The minimum absolute atomic E-state index is 0.0477. The molecule has 1 atom stereocenters. The Morgan fingerprint density at radius 3 is 2.35 bits per heavy atom. The van der Waals surface area contributed by atoms with Gasteiger partial charge >= 0.3 is 5.97 Å². The zero-order valence-electron chi connectivity index (χ0n) is 14.4. The molecule has 1 aromatic rings. The average molecular weight is 321 g/mol. The van der Waals surface area contributed by atoms with Crippen molar-refractivity contribution in [1.29, 1.82) is 0 Å². The van der Waals surface area contributed by atoms with E-state index in [1.54, 1.807) is 0 Å². The van der Waals surface area contributed by atoms with Crippen LogP contribution in [0, 0.1) is 11.3 Å². The van der Waals surface area contributed by atoms with E-state index in [4.69, 9.17) is 9.84 Å². The van der Waals surface area contributed by atoms with Crippen LogP contribution in [0.4, 0.5) is 0 Å². The van der Waals surface area contributed by atoms with Gasteiger partial charge in [-0.2, -0.15) is 0 Å². The molecule has 0 fully saturated rings. The number of ether oxygens (including phenoxy) is 1. The summed E-state index contributed by atoms with van der Waals surface area (Å²) in [4.78, 5) is 22.5. The molecule has 2 N–H and O–H groups in total. The molecule has 0 aliphatic carbocycles. The lowest BCUT2D eigenvalue weighted by Crippen LogP contribution is -2.35. The zero-order chi connectivity index (χ0) is 17.5. The minimum atomic E-state index is -0.816. The Morgan fingerprint density at radius 1 is 1.22 bits per heavy atom. The number of benzene rings is 1. The second-order valence-electron chi connectivity index (χ2n) is 6.80. The summed E-state index contributed by atoms with van der Waals surface area (Å²) in [7, 11) is 0. The minimum Gasteiger partial charge on any atom is -0.494 e. The predicted octanol–water partition coefficient (Wildman–Crippen LogP) is 3.23. The summed E-state index contributed by atoms with van der Waals surface area (Å²) in [6.45, 7) is 8.95. The molecule has 5 heteroatoms. The van der Waals surface area contributed by atoms with Crippen LogP contribution in [0.1, 0.15) is 46.1 Å². The van der Waals surface area contributed by atoms with E-state index in [1.807, 2.05) is 52.0 Å². The van der Waals surface area contributed by atoms with E-state index in [0.29, 0.717) is 25.3 Å². The molecule has 23 heavy (non-hydrogen) atoms. The highest BCUT2D eigenvalue weighted by atomic mass is 16.5. The summed E-state index contributed by atoms with van der Waals surface area (Å²) < 4.78 is 5.47. The number of hydrogen-bond acceptors (Lipinski definition) is 3. The quantitative estimate of drug-likeness (QED) is 0.721. The van der Waals surface area contributed by atoms with E-state index in [1.165, 1.54) is 0 Å². The van der Waals surface area contributed by atoms with Crippen LogP contribution in [0.2, 0.25) is 0 Å². The van der Waals surface area contributed by atoms with Crippen LogP contribution in [0.15, 0.2) is 24.3 Å². The number of nitrogens with one attached hydrogen (secondary N) is 1. The van der Waals surface area contributed by atoms with E-state index in [0.717, 1.165) is 5.56 Å².